The van der Waals surface area contributed by atoms with Gasteiger partial charge in [-0.3, -0.25) is 0 Å². The molecule has 0 aliphatic carbocycles. The van der Waals surface area contributed by atoms with Gasteiger partial charge in [0.2, 0.25) is 0 Å². The van der Waals surface area contributed by atoms with Gasteiger partial charge in [-0.1, -0.05) is 42.5 Å². The zero-order chi connectivity index (χ0) is 13.9. The van der Waals surface area contributed by atoms with Crippen LogP contribution in [0.3, 0.4) is 0 Å². The first kappa shape index (κ1) is 13.2. The minimum atomic E-state index is -1.03. The van der Waals surface area contributed by atoms with Crippen molar-refractivity contribution in [2.24, 2.45) is 0 Å². The van der Waals surface area contributed by atoms with E-state index in [1.54, 1.807) is 0 Å². The summed E-state index contributed by atoms with van der Waals surface area (Å²) >= 11 is 1.81. The molecule has 1 heterocycles. The zero-order valence-electron chi connectivity index (χ0n) is 10.9. The average Bonchev–Trinajstić information content (AvgIpc) is 2.62. The van der Waals surface area contributed by atoms with E-state index in [2.05, 4.69) is 24.3 Å². The Labute approximate surface area is 122 Å². The fourth-order valence-corrected chi connectivity index (χ4v) is 3.74. The molecule has 0 saturated heterocycles. The highest BCUT2D eigenvalue weighted by molar-refractivity contribution is 7.98. The van der Waals surface area contributed by atoms with Crippen molar-refractivity contribution < 1.29 is 15.2 Å². The molecule has 3 rings (SSSR count). The predicted octanol–water partition coefficient (Wildman–Crippen LogP) is 0.695. The Kier molecular flexibility index (Phi) is 3.76. The number of benzene rings is 2. The second-order valence-corrected chi connectivity index (χ2v) is 5.83. The van der Waals surface area contributed by atoms with E-state index in [4.69, 9.17) is 0 Å². The SMILES string of the molecule is O=C([O-])C[NH2+][C@@H]1c2ccccc2CSc2ccccc21. The van der Waals surface area contributed by atoms with Gasteiger partial charge in [-0.15, -0.1) is 11.8 Å². The van der Waals surface area contributed by atoms with Crippen molar-refractivity contribution in [1.82, 2.24) is 0 Å². The van der Waals surface area contributed by atoms with Gasteiger partial charge in [0.25, 0.3) is 0 Å². The Hall–Kier alpha value is -1.78. The van der Waals surface area contributed by atoms with E-state index in [0.29, 0.717) is 0 Å². The Balaban J connectivity index is 2.06. The van der Waals surface area contributed by atoms with E-state index >= 15 is 0 Å². The molecule has 0 amide bonds. The number of carbonyl (C=O) groups is 1. The summed E-state index contributed by atoms with van der Waals surface area (Å²) in [5, 5.41) is 12.7. The summed E-state index contributed by atoms with van der Waals surface area (Å²) in [5.41, 5.74) is 3.66. The molecule has 1 aliphatic heterocycles. The molecule has 2 aromatic rings. The summed E-state index contributed by atoms with van der Waals surface area (Å²) in [6.45, 7) is -0.0298. The maximum Gasteiger partial charge on any atom is 0.139 e. The Bertz CT molecular complexity index is 594. The highest BCUT2D eigenvalue weighted by atomic mass is 32.2. The van der Waals surface area contributed by atoms with E-state index in [0.717, 1.165) is 5.75 Å². The molecular formula is C16H15NO2S. The highest BCUT2D eigenvalue weighted by Crippen LogP contribution is 2.37. The van der Waals surface area contributed by atoms with Crippen LogP contribution in [-0.4, -0.2) is 12.5 Å². The second kappa shape index (κ2) is 5.69. The summed E-state index contributed by atoms with van der Waals surface area (Å²) < 4.78 is 0. The van der Waals surface area contributed by atoms with Crippen molar-refractivity contribution in [3.05, 3.63) is 65.2 Å². The monoisotopic (exact) mass is 285 g/mol. The molecular weight excluding hydrogens is 270 g/mol. The van der Waals surface area contributed by atoms with E-state index in [1.807, 2.05) is 41.3 Å². The van der Waals surface area contributed by atoms with Gasteiger partial charge in [0.1, 0.15) is 12.6 Å². The quantitative estimate of drug-likeness (QED) is 0.903. The summed E-state index contributed by atoms with van der Waals surface area (Å²) in [6, 6.07) is 16.5. The summed E-state index contributed by atoms with van der Waals surface area (Å²) in [4.78, 5) is 12.0. The van der Waals surface area contributed by atoms with Crippen molar-refractivity contribution in [2.75, 3.05) is 6.54 Å². The lowest BCUT2D eigenvalue weighted by Gasteiger charge is -2.18. The normalized spacial score (nSPS) is 16.9. The fraction of sp³-hybridized carbons (Fsp3) is 0.188. The van der Waals surface area contributed by atoms with Crippen LogP contribution in [0.5, 0.6) is 0 Å². The standard InChI is InChI=1S/C16H15NO2S/c18-15(19)9-17-16-12-6-2-1-5-11(12)10-20-14-8-4-3-7-13(14)16/h1-8,16-17H,9-10H2,(H,18,19)/t16-/m1/s1. The molecule has 1 atom stereocenters. The molecule has 0 spiro atoms. The number of hydrogen-bond donors (Lipinski definition) is 1. The first-order chi connectivity index (χ1) is 9.75. The van der Waals surface area contributed by atoms with E-state index in [1.165, 1.54) is 21.6 Å². The van der Waals surface area contributed by atoms with Gasteiger partial charge in [0.15, 0.2) is 0 Å². The van der Waals surface area contributed by atoms with Crippen LogP contribution in [-0.2, 0) is 10.5 Å². The van der Waals surface area contributed by atoms with Crippen LogP contribution in [0.1, 0.15) is 22.7 Å². The van der Waals surface area contributed by atoms with E-state index in [9.17, 15) is 9.90 Å². The van der Waals surface area contributed by atoms with Crippen molar-refractivity contribution in [3.8, 4) is 0 Å². The summed E-state index contributed by atoms with van der Waals surface area (Å²) in [5.74, 6) is -0.111. The van der Waals surface area contributed by atoms with E-state index < -0.39 is 5.97 Å². The van der Waals surface area contributed by atoms with Gasteiger partial charge in [-0.05, 0) is 11.6 Å². The number of quaternary nitrogens is 1. The summed E-state index contributed by atoms with van der Waals surface area (Å²) in [6.07, 6.45) is 0. The third kappa shape index (κ3) is 2.57. The van der Waals surface area contributed by atoms with Crippen molar-refractivity contribution in [2.45, 2.75) is 16.7 Å². The van der Waals surface area contributed by atoms with Crippen LogP contribution >= 0.6 is 11.8 Å². The third-order valence-corrected chi connectivity index (χ3v) is 4.69. The molecule has 2 N–H and O–H groups in total. The number of aliphatic carboxylic acids is 1. The van der Waals surface area contributed by atoms with Crippen molar-refractivity contribution >= 4 is 17.7 Å². The van der Waals surface area contributed by atoms with Crippen molar-refractivity contribution in [3.63, 3.8) is 0 Å². The number of carboxylic acid groups (broad SMARTS) is 1. The lowest BCUT2D eigenvalue weighted by Crippen LogP contribution is -2.88. The number of nitrogens with two attached hydrogens (primary N) is 1. The molecule has 0 aromatic heterocycles. The van der Waals surface area contributed by atoms with Crippen LogP contribution in [0.15, 0.2) is 53.4 Å². The van der Waals surface area contributed by atoms with Gasteiger partial charge in [-0.2, -0.15) is 0 Å². The lowest BCUT2D eigenvalue weighted by molar-refractivity contribution is -0.682. The molecule has 0 radical (unpaired) electrons. The van der Waals surface area contributed by atoms with Gasteiger partial charge in [0, 0.05) is 21.8 Å². The third-order valence-electron chi connectivity index (χ3n) is 3.55. The van der Waals surface area contributed by atoms with Gasteiger partial charge >= 0.3 is 0 Å². The molecule has 0 unspecified atom stereocenters. The fourth-order valence-electron chi connectivity index (χ4n) is 2.63. The number of hydrogen-bond acceptors (Lipinski definition) is 3. The topological polar surface area (TPSA) is 56.7 Å². The molecule has 4 heteroatoms. The zero-order valence-corrected chi connectivity index (χ0v) is 11.7. The minimum Gasteiger partial charge on any atom is -0.544 e. The van der Waals surface area contributed by atoms with Gasteiger partial charge in [-0.25, -0.2) is 0 Å². The predicted molar refractivity (Wildman–Crippen MR) is 76.1 cm³/mol. The molecule has 1 aliphatic rings. The number of carboxylic acids is 1. The largest absolute Gasteiger partial charge is 0.544 e. The maximum absolute atomic E-state index is 10.8. The maximum atomic E-state index is 10.8. The number of thioether (sulfide) groups is 1. The number of rotatable bonds is 3. The van der Waals surface area contributed by atoms with Crippen LogP contribution in [0, 0.1) is 0 Å². The summed E-state index contributed by atoms with van der Waals surface area (Å²) in [7, 11) is 0. The van der Waals surface area contributed by atoms with E-state index in [-0.39, 0.29) is 12.6 Å². The highest BCUT2D eigenvalue weighted by Gasteiger charge is 2.25. The van der Waals surface area contributed by atoms with Crippen LogP contribution in [0.4, 0.5) is 0 Å². The Morgan fingerprint density at radius 2 is 1.85 bits per heavy atom. The molecule has 0 saturated carbocycles. The first-order valence-electron chi connectivity index (χ1n) is 6.58. The Morgan fingerprint density at radius 1 is 1.15 bits per heavy atom. The molecule has 20 heavy (non-hydrogen) atoms. The van der Waals surface area contributed by atoms with Crippen molar-refractivity contribution in [1.29, 1.82) is 0 Å². The first-order valence-corrected chi connectivity index (χ1v) is 7.57. The molecule has 2 aromatic carbocycles. The van der Waals surface area contributed by atoms with Gasteiger partial charge < -0.3 is 15.2 Å². The Morgan fingerprint density at radius 3 is 2.65 bits per heavy atom. The van der Waals surface area contributed by atoms with Crippen LogP contribution in [0.25, 0.3) is 0 Å². The number of carbonyl (C=O) groups excluding carboxylic acids is 1. The molecule has 102 valence electrons. The van der Waals surface area contributed by atoms with Crippen LogP contribution < -0.4 is 10.4 Å². The lowest BCUT2D eigenvalue weighted by atomic mass is 9.95. The molecule has 0 fully saturated rings. The molecule has 0 bridgehead atoms. The second-order valence-electron chi connectivity index (χ2n) is 4.81. The smallest absolute Gasteiger partial charge is 0.139 e. The number of fused-ring (bicyclic) bond motifs is 2. The van der Waals surface area contributed by atoms with Gasteiger partial charge in [0.05, 0.1) is 5.97 Å². The average molecular weight is 285 g/mol. The molecule has 3 nitrogen and oxygen atoms in total. The minimum absolute atomic E-state index is 0.0234. The van der Waals surface area contributed by atoms with Crippen LogP contribution in [0.2, 0.25) is 0 Å².